The van der Waals surface area contributed by atoms with Crippen LogP contribution in [-0.2, 0) is 15.6 Å². The van der Waals surface area contributed by atoms with E-state index in [9.17, 15) is 12.8 Å². The van der Waals surface area contributed by atoms with Gasteiger partial charge in [-0.3, -0.25) is 4.99 Å². The van der Waals surface area contributed by atoms with E-state index in [2.05, 4.69) is 4.99 Å². The van der Waals surface area contributed by atoms with Crippen LogP contribution >= 0.6 is 23.4 Å². The van der Waals surface area contributed by atoms with Gasteiger partial charge in [0.15, 0.2) is 26.5 Å². The van der Waals surface area contributed by atoms with Crippen molar-refractivity contribution in [3.63, 3.8) is 0 Å². The first kappa shape index (κ1) is 20.0. The zero-order chi connectivity index (χ0) is 20.9. The molecule has 0 N–H and O–H groups in total. The van der Waals surface area contributed by atoms with Crippen molar-refractivity contribution in [3.8, 4) is 11.5 Å². The molecule has 3 heterocycles. The molecule has 158 valence electrons. The number of halogens is 2. The van der Waals surface area contributed by atoms with Crippen LogP contribution in [0.3, 0.4) is 0 Å². The summed E-state index contributed by atoms with van der Waals surface area (Å²) in [6, 6.07) is 9.47. The minimum atomic E-state index is -3.16. The lowest BCUT2D eigenvalue weighted by atomic mass is 10.1. The number of benzene rings is 2. The minimum absolute atomic E-state index is 0.0171. The van der Waals surface area contributed by atoms with E-state index in [-0.39, 0.29) is 35.2 Å². The summed E-state index contributed by atoms with van der Waals surface area (Å²) >= 11 is 7.51. The van der Waals surface area contributed by atoms with Crippen LogP contribution in [0, 0.1) is 5.82 Å². The van der Waals surface area contributed by atoms with E-state index in [0.717, 1.165) is 5.69 Å². The third-order valence-corrected chi connectivity index (χ3v) is 8.36. The van der Waals surface area contributed by atoms with Gasteiger partial charge < -0.3 is 14.4 Å². The van der Waals surface area contributed by atoms with Crippen molar-refractivity contribution in [2.24, 2.45) is 4.99 Å². The zero-order valence-electron chi connectivity index (χ0n) is 15.8. The standard InChI is InChI=1S/C20H18ClFN2O4S2/c21-14-2-1-3-15(22)13(14)9-29-20-23-16-10-30(25,26)11-17(16)24(20)12-4-5-18-19(8-12)28-7-6-27-18/h1-5,8,16-17H,6-7,9-11H2/t16-,17+/m1/s1. The number of sulfone groups is 1. The number of rotatable bonds is 3. The van der Waals surface area contributed by atoms with Crippen LogP contribution in [0.15, 0.2) is 41.4 Å². The molecular weight excluding hydrogens is 451 g/mol. The number of amidine groups is 1. The molecule has 1 fully saturated rings. The Morgan fingerprint density at radius 3 is 2.77 bits per heavy atom. The molecule has 3 aliphatic heterocycles. The number of aliphatic imine (C=N–C) groups is 1. The Balaban J connectivity index is 1.47. The van der Waals surface area contributed by atoms with Gasteiger partial charge in [0.25, 0.3) is 0 Å². The Hall–Kier alpha value is -1.97. The second-order valence-electron chi connectivity index (χ2n) is 7.31. The van der Waals surface area contributed by atoms with Gasteiger partial charge in [0.2, 0.25) is 0 Å². The summed E-state index contributed by atoms with van der Waals surface area (Å²) in [7, 11) is -3.16. The number of anilines is 1. The summed E-state index contributed by atoms with van der Waals surface area (Å²) in [4.78, 5) is 6.60. The van der Waals surface area contributed by atoms with E-state index in [1.807, 2.05) is 23.1 Å². The van der Waals surface area contributed by atoms with Gasteiger partial charge in [0.1, 0.15) is 19.0 Å². The molecule has 1 saturated heterocycles. The van der Waals surface area contributed by atoms with Gasteiger partial charge in [-0.05, 0) is 24.3 Å². The third-order valence-electron chi connectivity index (χ3n) is 5.32. The van der Waals surface area contributed by atoms with Crippen molar-refractivity contribution >= 4 is 44.1 Å². The van der Waals surface area contributed by atoms with E-state index < -0.39 is 9.84 Å². The van der Waals surface area contributed by atoms with Crippen molar-refractivity contribution < 1.29 is 22.3 Å². The molecule has 0 aliphatic carbocycles. The lowest BCUT2D eigenvalue weighted by molar-refractivity contribution is 0.171. The molecule has 0 radical (unpaired) electrons. The summed E-state index contributed by atoms with van der Waals surface area (Å²) in [5, 5.41) is 1.01. The van der Waals surface area contributed by atoms with Gasteiger partial charge in [-0.1, -0.05) is 29.4 Å². The van der Waals surface area contributed by atoms with Gasteiger partial charge in [-0.25, -0.2) is 12.8 Å². The van der Waals surface area contributed by atoms with Crippen LogP contribution in [0.25, 0.3) is 0 Å². The van der Waals surface area contributed by atoms with Crippen molar-refractivity contribution in [1.82, 2.24) is 0 Å². The minimum Gasteiger partial charge on any atom is -0.486 e. The van der Waals surface area contributed by atoms with E-state index >= 15 is 0 Å². The van der Waals surface area contributed by atoms with E-state index in [0.29, 0.717) is 40.5 Å². The van der Waals surface area contributed by atoms with Gasteiger partial charge in [0.05, 0.1) is 23.6 Å². The Morgan fingerprint density at radius 2 is 1.97 bits per heavy atom. The van der Waals surface area contributed by atoms with Crippen molar-refractivity contribution in [2.45, 2.75) is 17.8 Å². The largest absolute Gasteiger partial charge is 0.486 e. The van der Waals surface area contributed by atoms with Crippen LogP contribution < -0.4 is 14.4 Å². The Labute approximate surface area is 182 Å². The second-order valence-corrected chi connectivity index (χ2v) is 10.8. The SMILES string of the molecule is O=S1(=O)C[C@H]2N=C(SCc3c(F)cccc3Cl)N(c3ccc4c(c3)OCCO4)[C@H]2C1. The number of hydrogen-bond donors (Lipinski definition) is 0. The average Bonchev–Trinajstić information content (AvgIpc) is 3.18. The van der Waals surface area contributed by atoms with Gasteiger partial charge in [-0.15, -0.1) is 0 Å². The van der Waals surface area contributed by atoms with Crippen LogP contribution in [0.2, 0.25) is 5.02 Å². The molecular formula is C20H18ClFN2O4S2. The molecule has 0 unspecified atom stereocenters. The highest BCUT2D eigenvalue weighted by Gasteiger charge is 2.47. The van der Waals surface area contributed by atoms with Crippen LogP contribution in [0.4, 0.5) is 10.1 Å². The third kappa shape index (κ3) is 3.63. The summed E-state index contributed by atoms with van der Waals surface area (Å²) in [5.74, 6) is 1.23. The van der Waals surface area contributed by atoms with Crippen LogP contribution in [0.1, 0.15) is 5.56 Å². The molecule has 2 atom stereocenters. The van der Waals surface area contributed by atoms with E-state index in [1.165, 1.54) is 17.8 Å². The Morgan fingerprint density at radius 1 is 1.17 bits per heavy atom. The fourth-order valence-corrected chi connectivity index (χ4v) is 7.23. The van der Waals surface area contributed by atoms with Crippen molar-refractivity contribution in [1.29, 1.82) is 0 Å². The molecule has 0 aromatic heterocycles. The summed E-state index contributed by atoms with van der Waals surface area (Å²) < 4.78 is 49.9. The molecule has 10 heteroatoms. The van der Waals surface area contributed by atoms with Gasteiger partial charge in [-0.2, -0.15) is 0 Å². The van der Waals surface area contributed by atoms with Crippen molar-refractivity contribution in [2.75, 3.05) is 29.6 Å². The smallest absolute Gasteiger partial charge is 0.164 e. The summed E-state index contributed by atoms with van der Waals surface area (Å²) in [6.07, 6.45) is 0. The first-order valence-electron chi connectivity index (χ1n) is 9.44. The normalized spacial score (nSPS) is 23.9. The highest BCUT2D eigenvalue weighted by Crippen LogP contribution is 2.40. The van der Waals surface area contributed by atoms with Crippen LogP contribution in [0.5, 0.6) is 11.5 Å². The molecule has 2 aromatic rings. The molecule has 0 bridgehead atoms. The Kier molecular flexibility index (Phi) is 5.07. The monoisotopic (exact) mass is 468 g/mol. The summed E-state index contributed by atoms with van der Waals surface area (Å²) in [5.41, 5.74) is 1.17. The maximum atomic E-state index is 14.2. The number of fused-ring (bicyclic) bond motifs is 2. The average molecular weight is 469 g/mol. The first-order chi connectivity index (χ1) is 14.4. The van der Waals surface area contributed by atoms with E-state index in [4.69, 9.17) is 21.1 Å². The first-order valence-corrected chi connectivity index (χ1v) is 12.6. The van der Waals surface area contributed by atoms with Crippen LogP contribution in [-0.4, -0.2) is 50.4 Å². The lowest BCUT2D eigenvalue weighted by Crippen LogP contribution is -2.39. The fourth-order valence-electron chi connectivity index (χ4n) is 3.92. The summed E-state index contributed by atoms with van der Waals surface area (Å²) in [6.45, 7) is 0.948. The Bertz CT molecular complexity index is 1120. The molecule has 6 nitrogen and oxygen atoms in total. The zero-order valence-corrected chi connectivity index (χ0v) is 18.1. The van der Waals surface area contributed by atoms with E-state index in [1.54, 1.807) is 12.1 Å². The topological polar surface area (TPSA) is 68.2 Å². The quantitative estimate of drug-likeness (QED) is 0.686. The molecule has 5 rings (SSSR count). The van der Waals surface area contributed by atoms with Crippen molar-refractivity contribution in [3.05, 3.63) is 52.8 Å². The molecule has 0 saturated carbocycles. The highest BCUT2D eigenvalue weighted by atomic mass is 35.5. The predicted molar refractivity (Wildman–Crippen MR) is 116 cm³/mol. The fraction of sp³-hybridized carbons (Fsp3) is 0.350. The molecule has 30 heavy (non-hydrogen) atoms. The molecule has 0 amide bonds. The number of ether oxygens (including phenoxy) is 2. The molecule has 3 aliphatic rings. The highest BCUT2D eigenvalue weighted by molar-refractivity contribution is 8.13. The molecule has 2 aromatic carbocycles. The number of thioether (sulfide) groups is 1. The maximum absolute atomic E-state index is 14.2. The second kappa shape index (κ2) is 7.62. The van der Waals surface area contributed by atoms with Gasteiger partial charge in [0, 0.05) is 28.1 Å². The lowest BCUT2D eigenvalue weighted by Gasteiger charge is -2.28. The van der Waals surface area contributed by atoms with Gasteiger partial charge >= 0.3 is 0 Å². The predicted octanol–water partition coefficient (Wildman–Crippen LogP) is 3.53. The maximum Gasteiger partial charge on any atom is 0.164 e. The molecule has 0 spiro atoms. The number of hydrogen-bond acceptors (Lipinski definition) is 7. The number of nitrogens with zero attached hydrogens (tertiary/aromatic N) is 2.